The van der Waals surface area contributed by atoms with Crippen LogP contribution in [0.2, 0.25) is 0 Å². The molecular weight excluding hydrogens is 310 g/mol. The molecule has 1 aromatic rings. The lowest BCUT2D eigenvalue weighted by molar-refractivity contribution is -0.125. The Balaban J connectivity index is 2.41. The van der Waals surface area contributed by atoms with Crippen molar-refractivity contribution < 1.29 is 19.1 Å². The number of amides is 1. The summed E-state index contributed by atoms with van der Waals surface area (Å²) < 4.78 is 10.2. The predicted octanol–water partition coefficient (Wildman–Crippen LogP) is 1.57. The molecule has 1 aliphatic rings. The summed E-state index contributed by atoms with van der Waals surface area (Å²) in [6.45, 7) is 9.60. The van der Waals surface area contributed by atoms with E-state index in [0.717, 1.165) is 0 Å². The highest BCUT2D eigenvalue weighted by Gasteiger charge is 2.46. The van der Waals surface area contributed by atoms with E-state index in [2.05, 4.69) is 22.2 Å². The second-order valence-electron chi connectivity index (χ2n) is 6.08. The van der Waals surface area contributed by atoms with Gasteiger partial charge < -0.3 is 14.8 Å². The first kappa shape index (κ1) is 17.9. The number of nitrogens with zero attached hydrogens (tertiary/aromatic N) is 1. The van der Waals surface area contributed by atoms with Crippen molar-refractivity contribution in [2.24, 2.45) is 5.92 Å². The average molecular weight is 333 g/mol. The van der Waals surface area contributed by atoms with Crippen LogP contribution in [0, 0.1) is 5.92 Å². The van der Waals surface area contributed by atoms with Crippen LogP contribution in [0.25, 0.3) is 0 Å². The van der Waals surface area contributed by atoms with Gasteiger partial charge >= 0.3 is 5.97 Å². The summed E-state index contributed by atoms with van der Waals surface area (Å²) in [5.41, 5.74) is -0.118. The first-order valence-electron chi connectivity index (χ1n) is 7.75. The molecule has 2 rings (SSSR count). The summed E-state index contributed by atoms with van der Waals surface area (Å²) in [5, 5.41) is 6.08. The van der Waals surface area contributed by atoms with Gasteiger partial charge in [0, 0.05) is 6.07 Å². The minimum absolute atomic E-state index is 0.0595. The predicted molar refractivity (Wildman–Crippen MR) is 88.5 cm³/mol. The maximum absolute atomic E-state index is 12.4. The van der Waals surface area contributed by atoms with Crippen LogP contribution in [-0.2, 0) is 9.53 Å². The summed E-state index contributed by atoms with van der Waals surface area (Å²) in [6.07, 6.45) is 0.993. The minimum atomic E-state index is -0.752. The van der Waals surface area contributed by atoms with Crippen LogP contribution in [0.4, 0.5) is 0 Å². The first-order chi connectivity index (χ1) is 11.3. The molecular formula is C17H23N3O4. The number of esters is 1. The average Bonchev–Trinajstić information content (AvgIpc) is 2.88. The lowest BCUT2D eigenvalue weighted by Crippen LogP contribution is -2.48. The molecule has 7 heteroatoms. The third kappa shape index (κ3) is 3.26. The third-order valence-electron chi connectivity index (χ3n) is 4.27. The fourth-order valence-electron chi connectivity index (χ4n) is 2.43. The molecule has 2 heterocycles. The smallest absolute Gasteiger partial charge is 0.339 e. The number of aromatic nitrogens is 1. The molecule has 0 aromatic carbocycles. The quantitative estimate of drug-likeness (QED) is 0.607. The molecule has 130 valence electrons. The molecule has 0 radical (unpaired) electrons. The SMILES string of the molecule is C=CCOc1ccc(C(=O)OC)c(C2NC(=O)C(C)(C(C)C)N2)n1. The summed E-state index contributed by atoms with van der Waals surface area (Å²) in [7, 11) is 1.30. The van der Waals surface area contributed by atoms with Crippen LogP contribution in [0.5, 0.6) is 5.88 Å². The van der Waals surface area contributed by atoms with E-state index in [9.17, 15) is 9.59 Å². The van der Waals surface area contributed by atoms with E-state index in [4.69, 9.17) is 9.47 Å². The van der Waals surface area contributed by atoms with Crippen LogP contribution >= 0.6 is 0 Å². The van der Waals surface area contributed by atoms with E-state index in [0.29, 0.717) is 11.6 Å². The van der Waals surface area contributed by atoms with Crippen molar-refractivity contribution in [3.63, 3.8) is 0 Å². The summed E-state index contributed by atoms with van der Waals surface area (Å²) in [6, 6.07) is 3.16. The molecule has 1 fully saturated rings. The molecule has 1 saturated heterocycles. The molecule has 1 amide bonds. The fourth-order valence-corrected chi connectivity index (χ4v) is 2.43. The van der Waals surface area contributed by atoms with Crippen molar-refractivity contribution in [2.45, 2.75) is 32.5 Å². The van der Waals surface area contributed by atoms with Gasteiger partial charge in [0.25, 0.3) is 0 Å². The van der Waals surface area contributed by atoms with Gasteiger partial charge in [-0.1, -0.05) is 26.5 Å². The van der Waals surface area contributed by atoms with Crippen molar-refractivity contribution in [3.05, 3.63) is 36.0 Å². The van der Waals surface area contributed by atoms with E-state index in [-0.39, 0.29) is 24.0 Å². The maximum Gasteiger partial charge on any atom is 0.339 e. The van der Waals surface area contributed by atoms with E-state index in [1.807, 2.05) is 20.8 Å². The Labute approximate surface area is 141 Å². The largest absolute Gasteiger partial charge is 0.473 e. The number of carbonyl (C=O) groups is 2. The zero-order chi connectivity index (χ0) is 17.9. The number of hydrogen-bond donors (Lipinski definition) is 2. The van der Waals surface area contributed by atoms with E-state index < -0.39 is 17.7 Å². The standard InChI is InChI=1S/C17H23N3O4/c1-6-9-24-12-8-7-11(15(21)23-5)13(18-12)14-19-16(22)17(4,20-14)10(2)3/h6-8,10,14,20H,1,9H2,2-5H3,(H,19,22). The van der Waals surface area contributed by atoms with Crippen LogP contribution < -0.4 is 15.4 Å². The Hall–Kier alpha value is -2.41. The number of ether oxygens (including phenoxy) is 2. The fraction of sp³-hybridized carbons (Fsp3) is 0.471. The summed E-state index contributed by atoms with van der Waals surface area (Å²) in [5.74, 6) is -0.268. The van der Waals surface area contributed by atoms with Crippen molar-refractivity contribution in [3.8, 4) is 5.88 Å². The molecule has 2 N–H and O–H groups in total. The highest BCUT2D eigenvalue weighted by atomic mass is 16.5. The van der Waals surface area contributed by atoms with E-state index in [1.54, 1.807) is 18.2 Å². The number of carbonyl (C=O) groups excluding carboxylic acids is 2. The van der Waals surface area contributed by atoms with E-state index in [1.165, 1.54) is 7.11 Å². The highest BCUT2D eigenvalue weighted by Crippen LogP contribution is 2.29. The molecule has 7 nitrogen and oxygen atoms in total. The van der Waals surface area contributed by atoms with Gasteiger partial charge in [-0.2, -0.15) is 0 Å². The molecule has 1 aromatic heterocycles. The summed E-state index contributed by atoms with van der Waals surface area (Å²) >= 11 is 0. The van der Waals surface area contributed by atoms with Crippen molar-refractivity contribution in [1.82, 2.24) is 15.6 Å². The highest BCUT2D eigenvalue weighted by molar-refractivity contribution is 5.92. The summed E-state index contributed by atoms with van der Waals surface area (Å²) in [4.78, 5) is 28.8. The zero-order valence-corrected chi connectivity index (χ0v) is 14.4. The monoisotopic (exact) mass is 333 g/mol. The van der Waals surface area contributed by atoms with Crippen LogP contribution in [0.3, 0.4) is 0 Å². The normalized spacial score (nSPS) is 23.0. The van der Waals surface area contributed by atoms with Crippen molar-refractivity contribution in [2.75, 3.05) is 13.7 Å². The van der Waals surface area contributed by atoms with Gasteiger partial charge in [0.15, 0.2) is 0 Å². The number of nitrogens with one attached hydrogen (secondary N) is 2. The van der Waals surface area contributed by atoms with Gasteiger partial charge in [-0.3, -0.25) is 10.1 Å². The Morgan fingerprint density at radius 1 is 1.50 bits per heavy atom. The molecule has 0 spiro atoms. The van der Waals surface area contributed by atoms with Crippen LogP contribution in [0.15, 0.2) is 24.8 Å². The molecule has 2 atom stereocenters. The lowest BCUT2D eigenvalue weighted by atomic mass is 9.89. The minimum Gasteiger partial charge on any atom is -0.473 e. The van der Waals surface area contributed by atoms with Gasteiger partial charge in [0.05, 0.1) is 23.9 Å². The number of pyridine rings is 1. The first-order valence-corrected chi connectivity index (χ1v) is 7.75. The van der Waals surface area contributed by atoms with Crippen molar-refractivity contribution >= 4 is 11.9 Å². The Kier molecular flexibility index (Phi) is 5.23. The molecule has 0 saturated carbocycles. The Morgan fingerprint density at radius 2 is 2.21 bits per heavy atom. The Bertz CT molecular complexity index is 659. The molecule has 2 unspecified atom stereocenters. The van der Waals surface area contributed by atoms with Crippen LogP contribution in [-0.4, -0.2) is 36.1 Å². The van der Waals surface area contributed by atoms with Gasteiger partial charge in [-0.15, -0.1) is 0 Å². The topological polar surface area (TPSA) is 89.5 Å². The van der Waals surface area contributed by atoms with Gasteiger partial charge in [0.2, 0.25) is 11.8 Å². The van der Waals surface area contributed by atoms with Crippen LogP contribution in [0.1, 0.15) is 43.0 Å². The maximum atomic E-state index is 12.4. The number of hydrogen-bond acceptors (Lipinski definition) is 6. The Morgan fingerprint density at radius 3 is 2.75 bits per heavy atom. The second kappa shape index (κ2) is 7.00. The molecule has 0 bridgehead atoms. The third-order valence-corrected chi connectivity index (χ3v) is 4.27. The number of methoxy groups -OCH3 is 1. The lowest BCUT2D eigenvalue weighted by Gasteiger charge is -2.26. The van der Waals surface area contributed by atoms with Gasteiger partial charge in [-0.05, 0) is 18.9 Å². The second-order valence-corrected chi connectivity index (χ2v) is 6.08. The molecule has 0 aliphatic carbocycles. The van der Waals surface area contributed by atoms with Crippen molar-refractivity contribution in [1.29, 1.82) is 0 Å². The number of rotatable bonds is 6. The molecule has 24 heavy (non-hydrogen) atoms. The van der Waals surface area contributed by atoms with E-state index >= 15 is 0 Å². The molecule has 1 aliphatic heterocycles. The van der Waals surface area contributed by atoms with Gasteiger partial charge in [-0.25, -0.2) is 9.78 Å². The van der Waals surface area contributed by atoms with Gasteiger partial charge in [0.1, 0.15) is 12.8 Å². The zero-order valence-electron chi connectivity index (χ0n) is 14.4.